The summed E-state index contributed by atoms with van der Waals surface area (Å²) in [6, 6.07) is 15.6. The Morgan fingerprint density at radius 3 is 2.27 bits per heavy atom. The molecule has 45 heavy (non-hydrogen) atoms. The zero-order valence-electron chi connectivity index (χ0n) is 26.8. The first-order valence-corrected chi connectivity index (χ1v) is 15.9. The Kier molecular flexibility index (Phi) is 13.3. The van der Waals surface area contributed by atoms with Crippen LogP contribution in [0.1, 0.15) is 52.2 Å². The third-order valence-electron chi connectivity index (χ3n) is 7.11. The Morgan fingerprint density at radius 1 is 1.00 bits per heavy atom. The van der Waals surface area contributed by atoms with Crippen LogP contribution < -0.4 is 16.1 Å². The summed E-state index contributed by atoms with van der Waals surface area (Å²) in [4.78, 5) is 42.8. The first-order chi connectivity index (χ1) is 21.4. The minimum atomic E-state index is -1.13. The number of nitrogens with zero attached hydrogens (tertiary/aromatic N) is 2. The Balaban J connectivity index is 1.85. The van der Waals surface area contributed by atoms with Crippen molar-refractivity contribution in [3.8, 4) is 10.6 Å². The molecule has 2 aromatic carbocycles. The molecule has 244 valence electrons. The van der Waals surface area contributed by atoms with Crippen LogP contribution in [0.15, 0.2) is 66.2 Å². The molecule has 0 fully saturated rings. The highest BCUT2D eigenvalue weighted by Crippen LogP contribution is 2.22. The summed E-state index contributed by atoms with van der Waals surface area (Å²) in [7, 11) is 1.24. The lowest BCUT2D eigenvalue weighted by Gasteiger charge is -2.32. The summed E-state index contributed by atoms with van der Waals surface area (Å²) < 4.78 is 10.2. The molecule has 3 amide bonds. The SMILES string of the molecule is CC[C@H](C)[C@H](NC(=O)OC)C(=O)N[C@@H](Cc1ccccc1)[C@@H](O)CN(Cc1ccc(-c2nccs2)cc1)NC(=O)OC(C)(C)C. The first kappa shape index (κ1) is 35.5. The molecule has 0 bridgehead atoms. The second-order valence-electron chi connectivity index (χ2n) is 11.9. The number of hydrazine groups is 1. The lowest BCUT2D eigenvalue weighted by atomic mass is 9.96. The van der Waals surface area contributed by atoms with E-state index in [1.165, 1.54) is 7.11 Å². The van der Waals surface area contributed by atoms with Crippen molar-refractivity contribution in [1.82, 2.24) is 26.1 Å². The van der Waals surface area contributed by atoms with E-state index in [2.05, 4.69) is 21.0 Å². The van der Waals surface area contributed by atoms with Gasteiger partial charge in [0.15, 0.2) is 0 Å². The van der Waals surface area contributed by atoms with Gasteiger partial charge in [-0.3, -0.25) is 10.2 Å². The lowest BCUT2D eigenvalue weighted by Crippen LogP contribution is -2.57. The monoisotopic (exact) mass is 639 g/mol. The van der Waals surface area contributed by atoms with Crippen molar-refractivity contribution in [1.29, 1.82) is 0 Å². The summed E-state index contributed by atoms with van der Waals surface area (Å²) >= 11 is 1.54. The van der Waals surface area contributed by atoms with Gasteiger partial charge < -0.3 is 25.2 Å². The van der Waals surface area contributed by atoms with Crippen molar-refractivity contribution in [3.63, 3.8) is 0 Å². The van der Waals surface area contributed by atoms with E-state index in [0.717, 1.165) is 21.7 Å². The molecule has 3 aromatic rings. The normalized spacial score (nSPS) is 14.1. The van der Waals surface area contributed by atoms with E-state index in [1.807, 2.05) is 73.8 Å². The third-order valence-corrected chi connectivity index (χ3v) is 7.93. The molecule has 0 saturated carbocycles. The number of methoxy groups -OCH3 is 1. The van der Waals surface area contributed by atoms with E-state index in [4.69, 9.17) is 9.47 Å². The highest BCUT2D eigenvalue weighted by atomic mass is 32.1. The number of hydrogen-bond acceptors (Lipinski definition) is 9. The van der Waals surface area contributed by atoms with Gasteiger partial charge in [0.05, 0.1) is 19.3 Å². The van der Waals surface area contributed by atoms with Gasteiger partial charge in [-0.15, -0.1) is 11.3 Å². The zero-order chi connectivity index (χ0) is 33.0. The molecule has 11 nitrogen and oxygen atoms in total. The van der Waals surface area contributed by atoms with Crippen molar-refractivity contribution < 1.29 is 29.0 Å². The number of aliphatic hydroxyl groups is 1. The topological polar surface area (TPSA) is 142 Å². The number of aliphatic hydroxyl groups excluding tert-OH is 1. The maximum Gasteiger partial charge on any atom is 0.422 e. The molecule has 0 aliphatic heterocycles. The van der Waals surface area contributed by atoms with E-state index in [9.17, 15) is 19.5 Å². The van der Waals surface area contributed by atoms with Gasteiger partial charge in [-0.2, -0.15) is 0 Å². The van der Waals surface area contributed by atoms with Gasteiger partial charge in [0.25, 0.3) is 0 Å². The van der Waals surface area contributed by atoms with Crippen LogP contribution in [0.5, 0.6) is 0 Å². The van der Waals surface area contributed by atoms with Gasteiger partial charge in [0, 0.05) is 30.2 Å². The number of carbonyl (C=O) groups is 3. The number of nitrogens with one attached hydrogen (secondary N) is 3. The van der Waals surface area contributed by atoms with Gasteiger partial charge in [0.1, 0.15) is 16.7 Å². The van der Waals surface area contributed by atoms with E-state index < -0.39 is 41.9 Å². The van der Waals surface area contributed by atoms with Crippen LogP contribution >= 0.6 is 11.3 Å². The summed E-state index contributed by atoms with van der Waals surface area (Å²) in [5.41, 5.74) is 4.78. The van der Waals surface area contributed by atoms with Gasteiger partial charge in [-0.25, -0.2) is 19.6 Å². The number of carbonyl (C=O) groups excluding carboxylic acids is 3. The van der Waals surface area contributed by atoms with Gasteiger partial charge >= 0.3 is 12.2 Å². The highest BCUT2D eigenvalue weighted by molar-refractivity contribution is 7.13. The number of amides is 3. The second kappa shape index (κ2) is 16.9. The molecule has 12 heteroatoms. The second-order valence-corrected chi connectivity index (χ2v) is 12.8. The van der Waals surface area contributed by atoms with Crippen molar-refractivity contribution in [2.75, 3.05) is 13.7 Å². The fourth-order valence-corrected chi connectivity index (χ4v) is 5.23. The molecule has 0 aliphatic carbocycles. The smallest absolute Gasteiger partial charge is 0.422 e. The van der Waals surface area contributed by atoms with Crippen LogP contribution in [-0.4, -0.2) is 70.6 Å². The van der Waals surface area contributed by atoms with Crippen LogP contribution in [-0.2, 0) is 27.2 Å². The average Bonchev–Trinajstić information content (AvgIpc) is 3.54. The Labute approximate surface area is 269 Å². The van der Waals surface area contributed by atoms with Crippen molar-refractivity contribution in [3.05, 3.63) is 77.3 Å². The Hall–Kier alpha value is -4.00. The van der Waals surface area contributed by atoms with Gasteiger partial charge in [-0.1, -0.05) is 74.9 Å². The molecular formula is C33H45N5O6S. The largest absolute Gasteiger partial charge is 0.453 e. The van der Waals surface area contributed by atoms with Gasteiger partial charge in [0.2, 0.25) is 5.91 Å². The molecule has 1 heterocycles. The Morgan fingerprint density at radius 2 is 1.69 bits per heavy atom. The maximum atomic E-state index is 13.5. The summed E-state index contributed by atoms with van der Waals surface area (Å²) in [6.07, 6.45) is 0.170. The van der Waals surface area contributed by atoms with Gasteiger partial charge in [-0.05, 0) is 44.2 Å². The van der Waals surface area contributed by atoms with Crippen LogP contribution in [0.25, 0.3) is 10.6 Å². The van der Waals surface area contributed by atoms with Crippen molar-refractivity contribution in [2.24, 2.45) is 5.92 Å². The predicted molar refractivity (Wildman–Crippen MR) is 174 cm³/mol. The maximum absolute atomic E-state index is 13.5. The molecule has 0 spiro atoms. The molecule has 0 aliphatic rings. The average molecular weight is 640 g/mol. The van der Waals surface area contributed by atoms with Crippen LogP contribution in [0.3, 0.4) is 0 Å². The van der Waals surface area contributed by atoms with Crippen LogP contribution in [0.4, 0.5) is 9.59 Å². The molecular weight excluding hydrogens is 594 g/mol. The molecule has 0 radical (unpaired) electrons. The lowest BCUT2D eigenvalue weighted by molar-refractivity contribution is -0.126. The van der Waals surface area contributed by atoms with Crippen LogP contribution in [0, 0.1) is 5.92 Å². The fraction of sp³-hybridized carbons (Fsp3) is 0.455. The minimum Gasteiger partial charge on any atom is -0.453 e. The Bertz CT molecular complexity index is 1350. The predicted octanol–water partition coefficient (Wildman–Crippen LogP) is 4.91. The third kappa shape index (κ3) is 11.8. The van der Waals surface area contributed by atoms with Crippen molar-refractivity contribution in [2.45, 2.75) is 77.8 Å². The van der Waals surface area contributed by atoms with Crippen molar-refractivity contribution >= 4 is 29.4 Å². The zero-order valence-corrected chi connectivity index (χ0v) is 27.6. The molecule has 0 saturated heterocycles. The van der Waals surface area contributed by atoms with Crippen LogP contribution in [0.2, 0.25) is 0 Å². The van der Waals surface area contributed by atoms with E-state index in [1.54, 1.807) is 43.3 Å². The fourth-order valence-electron chi connectivity index (χ4n) is 4.58. The molecule has 4 atom stereocenters. The summed E-state index contributed by atoms with van der Waals surface area (Å²) in [6.45, 7) is 9.29. The number of alkyl carbamates (subject to hydrolysis) is 1. The number of thiazole rings is 1. The quantitative estimate of drug-likeness (QED) is 0.182. The first-order valence-electron chi connectivity index (χ1n) is 15.0. The minimum absolute atomic E-state index is 0.0380. The van der Waals surface area contributed by atoms with E-state index in [0.29, 0.717) is 12.8 Å². The number of benzene rings is 2. The molecule has 3 rings (SSSR count). The summed E-state index contributed by atoms with van der Waals surface area (Å²) in [5, 5.41) is 21.6. The molecule has 0 unspecified atom stereocenters. The van der Waals surface area contributed by atoms with E-state index >= 15 is 0 Å². The number of aromatic nitrogens is 1. The molecule has 4 N–H and O–H groups in total. The highest BCUT2D eigenvalue weighted by Gasteiger charge is 2.31. The summed E-state index contributed by atoms with van der Waals surface area (Å²) in [5.74, 6) is -0.643. The number of rotatable bonds is 14. The molecule has 1 aromatic heterocycles. The standard InChI is InChI=1S/C33H45N5O6S/c1-7-22(2)28(36-31(41)43-6)29(40)35-26(19-23-11-9-8-10-12-23)27(39)21-38(37-32(42)44-33(3,4)5)20-24-13-15-25(16-14-24)30-34-17-18-45-30/h8-18,22,26-28,39H,7,19-21H2,1-6H3,(H,35,40)(H,36,41)(H,37,42)/t22-,26-,27-,28-/m0/s1. The number of ether oxygens (including phenoxy) is 2. The number of hydrogen-bond donors (Lipinski definition) is 4. The van der Waals surface area contributed by atoms with E-state index in [-0.39, 0.29) is 19.0 Å².